The van der Waals surface area contributed by atoms with Crippen molar-refractivity contribution in [3.63, 3.8) is 0 Å². The predicted octanol–water partition coefficient (Wildman–Crippen LogP) is 4.62. The van der Waals surface area contributed by atoms with Gasteiger partial charge < -0.3 is 4.90 Å². The Kier molecular flexibility index (Phi) is 5.48. The molecule has 0 aromatic carbocycles. The number of amides is 1. The minimum Gasteiger partial charge on any atom is -0.334 e. The third-order valence-corrected chi connectivity index (χ3v) is 5.87. The van der Waals surface area contributed by atoms with E-state index in [2.05, 4.69) is 15.2 Å². The Morgan fingerprint density at radius 1 is 1.26 bits per heavy atom. The van der Waals surface area contributed by atoms with Crippen LogP contribution in [0.5, 0.6) is 0 Å². The highest BCUT2D eigenvalue weighted by Gasteiger charge is 2.36. The van der Waals surface area contributed by atoms with Gasteiger partial charge in [0.1, 0.15) is 0 Å². The third-order valence-electron chi connectivity index (χ3n) is 4.61. The number of rotatable bonds is 5. The summed E-state index contributed by atoms with van der Waals surface area (Å²) < 4.78 is 43.9. The van der Waals surface area contributed by atoms with E-state index < -0.39 is 17.8 Å². The zero-order valence-electron chi connectivity index (χ0n) is 16.4. The molecule has 0 spiro atoms. The summed E-state index contributed by atoms with van der Waals surface area (Å²) in [5, 5.41) is 8.06. The van der Waals surface area contributed by atoms with Gasteiger partial charge in [-0.2, -0.15) is 23.4 Å². The van der Waals surface area contributed by atoms with Crippen LogP contribution < -0.4 is 0 Å². The molecule has 1 amide bonds. The molecule has 0 saturated carbocycles. The fourth-order valence-corrected chi connectivity index (χ4v) is 4.15. The topological polar surface area (TPSA) is 68.3 Å². The molecule has 31 heavy (non-hydrogen) atoms. The van der Waals surface area contributed by atoms with Crippen LogP contribution in [0.4, 0.5) is 13.2 Å². The number of carbonyl (C=O) groups is 1. The van der Waals surface area contributed by atoms with E-state index in [0.29, 0.717) is 20.3 Å². The summed E-state index contributed by atoms with van der Waals surface area (Å²) in [5.74, 6) is -0.525. The predicted molar refractivity (Wildman–Crippen MR) is 110 cm³/mol. The summed E-state index contributed by atoms with van der Waals surface area (Å²) in [7, 11) is 1.55. The smallest absolute Gasteiger partial charge is 0.334 e. The highest BCUT2D eigenvalue weighted by molar-refractivity contribution is 7.19. The number of carbonyl (C=O) groups excluding carboxylic acids is 1. The molecule has 0 atom stereocenters. The molecule has 4 heterocycles. The molecule has 4 rings (SSSR count). The van der Waals surface area contributed by atoms with E-state index in [9.17, 15) is 18.0 Å². The maximum absolute atomic E-state index is 13.7. The average molecular weight is 469 g/mol. The van der Waals surface area contributed by atoms with Gasteiger partial charge in [-0.15, -0.1) is 11.3 Å². The van der Waals surface area contributed by atoms with Crippen molar-refractivity contribution in [1.82, 2.24) is 29.3 Å². The summed E-state index contributed by atoms with van der Waals surface area (Å²) in [6.45, 7) is 2.79. The number of alkyl halides is 3. The van der Waals surface area contributed by atoms with Crippen LogP contribution in [0.1, 0.15) is 28.8 Å². The van der Waals surface area contributed by atoms with Crippen LogP contribution in [-0.4, -0.2) is 42.2 Å². The number of aromatic nitrogens is 5. The van der Waals surface area contributed by atoms with Gasteiger partial charge in [0.05, 0.1) is 27.1 Å². The van der Waals surface area contributed by atoms with E-state index in [-0.39, 0.29) is 23.6 Å². The Bertz CT molecular complexity index is 1260. The lowest BCUT2D eigenvalue weighted by Gasteiger charge is -2.16. The number of fused-ring (bicyclic) bond motifs is 1. The SMILES string of the molecule is CCn1nccc1CN(C)C(=O)c1cc2nc(-c3ccc(Cl)s3)cc(C(F)(F)F)n2n1. The van der Waals surface area contributed by atoms with Gasteiger partial charge in [0.2, 0.25) is 0 Å². The highest BCUT2D eigenvalue weighted by atomic mass is 35.5. The van der Waals surface area contributed by atoms with E-state index in [4.69, 9.17) is 11.6 Å². The molecule has 0 unspecified atom stereocenters. The molecule has 0 aliphatic heterocycles. The Morgan fingerprint density at radius 2 is 2.03 bits per heavy atom. The van der Waals surface area contributed by atoms with Crippen LogP contribution in [0.25, 0.3) is 16.2 Å². The molecule has 0 aliphatic carbocycles. The lowest BCUT2D eigenvalue weighted by molar-refractivity contribution is -0.142. The fourth-order valence-electron chi connectivity index (χ4n) is 3.15. The average Bonchev–Trinajstić information content (AvgIpc) is 3.44. The molecule has 0 radical (unpaired) electrons. The van der Waals surface area contributed by atoms with Crippen molar-refractivity contribution >= 4 is 34.5 Å². The van der Waals surface area contributed by atoms with Crippen LogP contribution in [-0.2, 0) is 19.3 Å². The quantitative estimate of drug-likeness (QED) is 0.428. The van der Waals surface area contributed by atoms with Crippen LogP contribution in [0.2, 0.25) is 4.34 Å². The van der Waals surface area contributed by atoms with Crippen LogP contribution in [0.3, 0.4) is 0 Å². The van der Waals surface area contributed by atoms with E-state index in [1.807, 2.05) is 6.92 Å². The molecular formula is C19H16ClF3N6OS. The maximum Gasteiger partial charge on any atom is 0.433 e. The van der Waals surface area contributed by atoms with Gasteiger partial charge in [0, 0.05) is 25.9 Å². The molecule has 12 heteroatoms. The van der Waals surface area contributed by atoms with Crippen LogP contribution in [0, 0.1) is 0 Å². The van der Waals surface area contributed by atoms with Gasteiger partial charge in [0.15, 0.2) is 17.0 Å². The number of halogens is 4. The molecular weight excluding hydrogens is 453 g/mol. The molecule has 0 fully saturated rings. The zero-order chi connectivity index (χ0) is 22.3. The molecule has 0 aliphatic rings. The molecule has 4 aromatic heterocycles. The Morgan fingerprint density at radius 3 is 2.68 bits per heavy atom. The summed E-state index contributed by atoms with van der Waals surface area (Å²) in [6.07, 6.45) is -3.07. The zero-order valence-corrected chi connectivity index (χ0v) is 18.0. The Balaban J connectivity index is 1.73. The first-order valence-corrected chi connectivity index (χ1v) is 10.4. The first-order valence-electron chi connectivity index (χ1n) is 9.17. The third kappa shape index (κ3) is 4.15. The molecule has 0 saturated heterocycles. The van der Waals surface area contributed by atoms with Crippen molar-refractivity contribution in [2.24, 2.45) is 0 Å². The van der Waals surface area contributed by atoms with Gasteiger partial charge in [-0.1, -0.05) is 11.6 Å². The summed E-state index contributed by atoms with van der Waals surface area (Å²) in [6, 6.07) is 7.11. The number of nitrogens with zero attached hydrogens (tertiary/aromatic N) is 6. The molecule has 7 nitrogen and oxygen atoms in total. The van der Waals surface area contributed by atoms with Crippen molar-refractivity contribution in [3.8, 4) is 10.6 Å². The van der Waals surface area contributed by atoms with Crippen molar-refractivity contribution in [3.05, 3.63) is 57.9 Å². The number of aryl methyl sites for hydroxylation is 1. The van der Waals surface area contributed by atoms with E-state index in [1.165, 1.54) is 11.0 Å². The minimum atomic E-state index is -4.69. The van der Waals surface area contributed by atoms with Gasteiger partial charge in [-0.25, -0.2) is 9.50 Å². The lowest BCUT2D eigenvalue weighted by atomic mass is 10.2. The number of thiophene rings is 1. The first-order chi connectivity index (χ1) is 14.7. The van der Waals surface area contributed by atoms with E-state index >= 15 is 0 Å². The van der Waals surface area contributed by atoms with Crippen molar-refractivity contribution in [2.75, 3.05) is 7.05 Å². The molecule has 4 aromatic rings. The van der Waals surface area contributed by atoms with E-state index in [0.717, 1.165) is 23.1 Å². The standard InChI is InChI=1S/C19H16ClF3N6OS/c1-3-28-11(6-7-24-28)10-27(2)18(30)13-9-17-25-12(14-4-5-16(20)31-14)8-15(19(21,22)23)29(17)26-13/h4-9H,3,10H2,1-2H3. The fraction of sp³-hybridized carbons (Fsp3) is 0.263. The second-order valence-electron chi connectivity index (χ2n) is 6.73. The normalized spacial score (nSPS) is 11.9. The molecule has 0 bridgehead atoms. The van der Waals surface area contributed by atoms with Crippen LogP contribution >= 0.6 is 22.9 Å². The highest BCUT2D eigenvalue weighted by Crippen LogP contribution is 2.35. The van der Waals surface area contributed by atoms with Gasteiger partial charge in [0.25, 0.3) is 5.91 Å². The van der Waals surface area contributed by atoms with E-state index in [1.54, 1.807) is 36.1 Å². The minimum absolute atomic E-state index is 0.0790. The summed E-state index contributed by atoms with van der Waals surface area (Å²) in [5.41, 5.74) is -0.333. The molecule has 162 valence electrons. The Labute approximate surface area is 183 Å². The van der Waals surface area contributed by atoms with Crippen LogP contribution in [0.15, 0.2) is 36.5 Å². The first kappa shape index (κ1) is 21.3. The van der Waals surface area contributed by atoms with Gasteiger partial charge in [-0.3, -0.25) is 9.48 Å². The summed E-state index contributed by atoms with van der Waals surface area (Å²) in [4.78, 5) is 19.0. The lowest BCUT2D eigenvalue weighted by Crippen LogP contribution is -2.28. The number of hydrogen-bond donors (Lipinski definition) is 0. The van der Waals surface area contributed by atoms with Crippen molar-refractivity contribution in [2.45, 2.75) is 26.2 Å². The Hall–Kier alpha value is -2.92. The van der Waals surface area contributed by atoms with Crippen molar-refractivity contribution < 1.29 is 18.0 Å². The van der Waals surface area contributed by atoms with Gasteiger partial charge >= 0.3 is 6.18 Å². The van der Waals surface area contributed by atoms with Gasteiger partial charge in [-0.05, 0) is 31.2 Å². The largest absolute Gasteiger partial charge is 0.433 e. The molecule has 0 N–H and O–H groups in total. The van der Waals surface area contributed by atoms with Crippen molar-refractivity contribution in [1.29, 1.82) is 0 Å². The summed E-state index contributed by atoms with van der Waals surface area (Å²) >= 11 is 7.03. The second-order valence-corrected chi connectivity index (χ2v) is 8.44. The monoisotopic (exact) mass is 468 g/mol. The number of hydrogen-bond acceptors (Lipinski definition) is 5. The second kappa shape index (κ2) is 7.97. The maximum atomic E-state index is 13.7.